The number of hydrogen-bond acceptors (Lipinski definition) is 3. The summed E-state index contributed by atoms with van der Waals surface area (Å²) in [7, 11) is 2.19. The van der Waals surface area contributed by atoms with E-state index in [2.05, 4.69) is 63.8 Å². The number of nitrogens with one attached hydrogen (secondary N) is 1. The van der Waals surface area contributed by atoms with Crippen LogP contribution in [0, 0.1) is 10.5 Å². The molecule has 27 heavy (non-hydrogen) atoms. The lowest BCUT2D eigenvalue weighted by Crippen LogP contribution is -2.45. The van der Waals surface area contributed by atoms with E-state index in [9.17, 15) is 4.79 Å². The zero-order valence-corrected chi connectivity index (χ0v) is 18.1. The molecule has 2 aliphatic rings. The predicted octanol–water partition coefficient (Wildman–Crippen LogP) is 4.09. The van der Waals surface area contributed by atoms with Gasteiger partial charge in [-0.15, -0.1) is 0 Å². The Kier molecular flexibility index (Phi) is 5.53. The standard InChI is InChI=1S/C22H26IN3O/c1-15-3-6-18(14-20(15)23)24-22(27)17-4-7-19-16(13-17)5-8-21(19)26-11-9-25(2)10-12-26/h3-4,6-7,13-14,21H,5,8-12H2,1-2H3,(H,24,27)/t21-/m1/s1. The first kappa shape index (κ1) is 18.9. The third-order valence-corrected chi connectivity index (χ3v) is 7.02. The first-order valence-corrected chi connectivity index (χ1v) is 10.7. The first-order valence-electron chi connectivity index (χ1n) is 9.64. The number of benzene rings is 2. The van der Waals surface area contributed by atoms with Gasteiger partial charge in [0.15, 0.2) is 0 Å². The molecule has 0 radical (unpaired) electrons. The van der Waals surface area contributed by atoms with Crippen molar-refractivity contribution in [3.8, 4) is 0 Å². The number of anilines is 1. The maximum absolute atomic E-state index is 12.7. The van der Waals surface area contributed by atoms with Gasteiger partial charge in [-0.1, -0.05) is 12.1 Å². The summed E-state index contributed by atoms with van der Waals surface area (Å²) in [5, 5.41) is 3.04. The third-order valence-electron chi connectivity index (χ3n) is 5.86. The zero-order valence-electron chi connectivity index (χ0n) is 16.0. The summed E-state index contributed by atoms with van der Waals surface area (Å²) >= 11 is 2.30. The van der Waals surface area contributed by atoms with Crippen molar-refractivity contribution in [2.24, 2.45) is 0 Å². The van der Waals surface area contributed by atoms with E-state index in [1.54, 1.807) is 0 Å². The second-order valence-electron chi connectivity index (χ2n) is 7.73. The van der Waals surface area contributed by atoms with Crippen molar-refractivity contribution in [2.75, 3.05) is 38.5 Å². The highest BCUT2D eigenvalue weighted by Crippen LogP contribution is 2.36. The molecule has 1 aliphatic heterocycles. The molecule has 0 saturated carbocycles. The summed E-state index contributed by atoms with van der Waals surface area (Å²) in [6.07, 6.45) is 2.23. The van der Waals surface area contributed by atoms with Crippen molar-refractivity contribution in [1.82, 2.24) is 9.80 Å². The molecule has 0 bridgehead atoms. The van der Waals surface area contributed by atoms with E-state index < -0.39 is 0 Å². The minimum absolute atomic E-state index is 0.0273. The van der Waals surface area contributed by atoms with Gasteiger partial charge in [0.1, 0.15) is 0 Å². The van der Waals surface area contributed by atoms with Crippen molar-refractivity contribution < 1.29 is 4.79 Å². The van der Waals surface area contributed by atoms with Crippen LogP contribution in [0.5, 0.6) is 0 Å². The van der Waals surface area contributed by atoms with Gasteiger partial charge in [0.25, 0.3) is 5.91 Å². The lowest BCUT2D eigenvalue weighted by atomic mass is 10.0. The van der Waals surface area contributed by atoms with Crippen LogP contribution in [0.1, 0.15) is 39.5 Å². The number of piperazine rings is 1. The van der Waals surface area contributed by atoms with E-state index in [1.165, 1.54) is 23.1 Å². The minimum atomic E-state index is -0.0273. The molecule has 1 fully saturated rings. The van der Waals surface area contributed by atoms with Gasteiger partial charge in [-0.05, 0) is 90.4 Å². The molecule has 1 atom stereocenters. The Hall–Kier alpha value is -1.44. The quantitative estimate of drug-likeness (QED) is 0.680. The maximum Gasteiger partial charge on any atom is 0.255 e. The summed E-state index contributed by atoms with van der Waals surface area (Å²) in [6, 6.07) is 12.8. The van der Waals surface area contributed by atoms with Gasteiger partial charge in [-0.2, -0.15) is 0 Å². The van der Waals surface area contributed by atoms with Gasteiger partial charge >= 0.3 is 0 Å². The molecule has 1 aliphatic carbocycles. The summed E-state index contributed by atoms with van der Waals surface area (Å²) in [4.78, 5) is 17.7. The largest absolute Gasteiger partial charge is 0.322 e. The van der Waals surface area contributed by atoms with Crippen LogP contribution in [0.15, 0.2) is 36.4 Å². The number of halogens is 1. The number of rotatable bonds is 3. The predicted molar refractivity (Wildman–Crippen MR) is 118 cm³/mol. The molecular formula is C22H26IN3O. The van der Waals surface area contributed by atoms with Crippen LogP contribution in [0.4, 0.5) is 5.69 Å². The highest BCUT2D eigenvalue weighted by Gasteiger charge is 2.30. The van der Waals surface area contributed by atoms with Crippen molar-refractivity contribution in [3.63, 3.8) is 0 Å². The summed E-state index contributed by atoms with van der Waals surface area (Å²) < 4.78 is 1.16. The Labute approximate surface area is 175 Å². The number of aryl methyl sites for hydroxylation is 2. The Morgan fingerprint density at radius 3 is 2.63 bits per heavy atom. The topological polar surface area (TPSA) is 35.6 Å². The SMILES string of the molecule is Cc1ccc(NC(=O)c2ccc3c(c2)CC[C@H]3N2CCN(C)CC2)cc1I. The molecule has 2 aromatic rings. The highest BCUT2D eigenvalue weighted by molar-refractivity contribution is 14.1. The summed E-state index contributed by atoms with van der Waals surface area (Å²) in [5.74, 6) is -0.0273. The fourth-order valence-corrected chi connectivity index (χ4v) is 4.64. The van der Waals surface area contributed by atoms with Gasteiger partial charge < -0.3 is 10.2 Å². The number of carbonyl (C=O) groups is 1. The Bertz CT molecular complexity index is 859. The molecule has 1 N–H and O–H groups in total. The van der Waals surface area contributed by atoms with Crippen LogP contribution in [0.2, 0.25) is 0 Å². The van der Waals surface area contributed by atoms with Gasteiger partial charge in [-0.3, -0.25) is 9.69 Å². The fraction of sp³-hybridized carbons (Fsp3) is 0.409. The van der Waals surface area contributed by atoms with E-state index >= 15 is 0 Å². The number of hydrogen-bond donors (Lipinski definition) is 1. The van der Waals surface area contributed by atoms with Gasteiger partial charge in [0, 0.05) is 47.0 Å². The van der Waals surface area contributed by atoms with E-state index in [0.717, 1.165) is 47.4 Å². The van der Waals surface area contributed by atoms with Crippen LogP contribution in [0.3, 0.4) is 0 Å². The number of fused-ring (bicyclic) bond motifs is 1. The fourth-order valence-electron chi connectivity index (χ4n) is 4.12. The van der Waals surface area contributed by atoms with E-state index in [4.69, 9.17) is 0 Å². The van der Waals surface area contributed by atoms with Crippen molar-refractivity contribution in [3.05, 3.63) is 62.2 Å². The molecule has 0 unspecified atom stereocenters. The molecule has 1 amide bonds. The van der Waals surface area contributed by atoms with E-state index in [0.29, 0.717) is 6.04 Å². The molecule has 1 saturated heterocycles. The van der Waals surface area contributed by atoms with Crippen LogP contribution >= 0.6 is 22.6 Å². The normalized spacial score (nSPS) is 20.5. The van der Waals surface area contributed by atoms with E-state index in [-0.39, 0.29) is 5.91 Å². The number of amides is 1. The molecule has 4 rings (SSSR count). The van der Waals surface area contributed by atoms with Crippen LogP contribution in [0.25, 0.3) is 0 Å². The Morgan fingerprint density at radius 1 is 1.11 bits per heavy atom. The lowest BCUT2D eigenvalue weighted by Gasteiger charge is -2.36. The lowest BCUT2D eigenvalue weighted by molar-refractivity contribution is 0.102. The molecule has 0 spiro atoms. The smallest absolute Gasteiger partial charge is 0.255 e. The first-order chi connectivity index (χ1) is 13.0. The Morgan fingerprint density at radius 2 is 1.89 bits per heavy atom. The summed E-state index contributed by atoms with van der Waals surface area (Å²) in [5.41, 5.74) is 5.58. The number of nitrogens with zero attached hydrogens (tertiary/aromatic N) is 2. The van der Waals surface area contributed by atoms with Gasteiger partial charge in [0.05, 0.1) is 0 Å². The van der Waals surface area contributed by atoms with Crippen LogP contribution < -0.4 is 5.32 Å². The highest BCUT2D eigenvalue weighted by atomic mass is 127. The average molecular weight is 475 g/mol. The average Bonchev–Trinajstić information content (AvgIpc) is 3.08. The number of likely N-dealkylation sites (N-methyl/N-ethyl adjacent to an activating group) is 1. The zero-order chi connectivity index (χ0) is 19.0. The molecule has 0 aromatic heterocycles. The van der Waals surface area contributed by atoms with Gasteiger partial charge in [0.2, 0.25) is 0 Å². The molecule has 4 nitrogen and oxygen atoms in total. The molecule has 2 aromatic carbocycles. The second kappa shape index (κ2) is 7.89. The third kappa shape index (κ3) is 4.05. The molecule has 142 valence electrons. The molecule has 5 heteroatoms. The van der Waals surface area contributed by atoms with E-state index in [1.807, 2.05) is 24.3 Å². The molecular weight excluding hydrogens is 449 g/mol. The monoisotopic (exact) mass is 475 g/mol. The van der Waals surface area contributed by atoms with Crippen molar-refractivity contribution in [1.29, 1.82) is 0 Å². The second-order valence-corrected chi connectivity index (χ2v) is 8.89. The summed E-state index contributed by atoms with van der Waals surface area (Å²) in [6.45, 7) is 6.62. The van der Waals surface area contributed by atoms with Crippen LogP contribution in [-0.4, -0.2) is 48.9 Å². The molecule has 1 heterocycles. The van der Waals surface area contributed by atoms with Crippen LogP contribution in [-0.2, 0) is 6.42 Å². The number of carbonyl (C=O) groups excluding carboxylic acids is 1. The maximum atomic E-state index is 12.7. The Balaban J connectivity index is 1.48. The minimum Gasteiger partial charge on any atom is -0.322 e. The van der Waals surface area contributed by atoms with Crippen molar-refractivity contribution in [2.45, 2.75) is 25.8 Å². The van der Waals surface area contributed by atoms with Gasteiger partial charge in [-0.25, -0.2) is 0 Å². The van der Waals surface area contributed by atoms with Crippen molar-refractivity contribution >= 4 is 34.2 Å².